The van der Waals surface area contributed by atoms with E-state index in [1.54, 1.807) is 24.3 Å². The average molecular weight is 280 g/mol. The number of benzene rings is 1. The summed E-state index contributed by atoms with van der Waals surface area (Å²) < 4.78 is 26.4. The molecule has 0 atom stereocenters. The molecule has 0 fully saturated rings. The highest BCUT2D eigenvalue weighted by molar-refractivity contribution is 9.10. The van der Waals surface area contributed by atoms with Crippen LogP contribution in [0, 0.1) is 0 Å². The molecular weight excluding hydrogens is 268 g/mol. The third kappa shape index (κ3) is 3.06. The lowest BCUT2D eigenvalue weighted by molar-refractivity contribution is -0.364. The smallest absolute Gasteiger partial charge is 0.240 e. The number of nitrogens with one attached hydrogen (secondary N) is 1. The summed E-state index contributed by atoms with van der Waals surface area (Å²) in [6, 6.07) is 6.49. The van der Waals surface area contributed by atoms with Crippen LogP contribution in [0.1, 0.15) is 0 Å². The molecule has 0 aromatic heterocycles. The second-order valence-corrected chi connectivity index (χ2v) is 5.39. The Morgan fingerprint density at radius 3 is 2.36 bits per heavy atom. The molecule has 4 nitrogen and oxygen atoms in total. The molecule has 0 heterocycles. The maximum Gasteiger partial charge on any atom is 0.240 e. The van der Waals surface area contributed by atoms with Crippen molar-refractivity contribution in [2.75, 3.05) is 13.1 Å². The Morgan fingerprint density at radius 2 is 1.86 bits per heavy atom. The minimum atomic E-state index is -3.35. The van der Waals surface area contributed by atoms with Gasteiger partial charge in [0.1, 0.15) is 0 Å². The van der Waals surface area contributed by atoms with Crippen molar-refractivity contribution in [3.8, 4) is 0 Å². The third-order valence-electron chi connectivity index (χ3n) is 1.59. The van der Waals surface area contributed by atoms with Gasteiger partial charge in [-0.25, -0.2) is 13.1 Å². The predicted molar refractivity (Wildman–Crippen MR) is 57.1 cm³/mol. The van der Waals surface area contributed by atoms with E-state index in [0.29, 0.717) is 13.1 Å². The molecule has 1 rings (SSSR count). The molecule has 0 aliphatic heterocycles. The summed E-state index contributed by atoms with van der Waals surface area (Å²) in [5.41, 5.74) is 3.56. The van der Waals surface area contributed by atoms with Gasteiger partial charge in [-0.2, -0.15) is 0 Å². The molecule has 0 aliphatic carbocycles. The normalized spacial score (nSPS) is 11.6. The van der Waals surface area contributed by atoms with Crippen LogP contribution in [0.25, 0.3) is 0 Å². The van der Waals surface area contributed by atoms with Crippen molar-refractivity contribution in [3.05, 3.63) is 28.7 Å². The van der Waals surface area contributed by atoms with Crippen molar-refractivity contribution in [1.82, 2.24) is 4.72 Å². The third-order valence-corrected chi connectivity index (χ3v) is 3.60. The first kappa shape index (κ1) is 11.6. The fourth-order valence-corrected chi connectivity index (χ4v) is 2.24. The highest BCUT2D eigenvalue weighted by Gasteiger charge is 2.12. The summed E-state index contributed by atoms with van der Waals surface area (Å²) in [6.07, 6.45) is 0. The minimum Gasteiger partial charge on any atom is -0.356 e. The van der Waals surface area contributed by atoms with E-state index in [-0.39, 0.29) is 4.90 Å². The summed E-state index contributed by atoms with van der Waals surface area (Å²) in [5.74, 6) is 0. The highest BCUT2D eigenvalue weighted by atomic mass is 79.9. The van der Waals surface area contributed by atoms with Gasteiger partial charge in [0, 0.05) is 4.47 Å². The van der Waals surface area contributed by atoms with E-state index in [1.807, 2.05) is 0 Å². The summed E-state index contributed by atoms with van der Waals surface area (Å²) in [6.45, 7) is 0.897. The zero-order chi connectivity index (χ0) is 10.6. The van der Waals surface area contributed by atoms with Gasteiger partial charge < -0.3 is 5.73 Å². The van der Waals surface area contributed by atoms with Gasteiger partial charge in [-0.3, -0.25) is 0 Å². The topological polar surface area (TPSA) is 73.8 Å². The van der Waals surface area contributed by atoms with Crippen LogP contribution in [-0.2, 0) is 10.0 Å². The number of hydrogen-bond acceptors (Lipinski definition) is 2. The number of rotatable bonds is 4. The predicted octanol–water partition coefficient (Wildman–Crippen LogP) is -0.0307. The van der Waals surface area contributed by atoms with Crippen LogP contribution in [-0.4, -0.2) is 21.5 Å². The van der Waals surface area contributed by atoms with Gasteiger partial charge in [0.05, 0.1) is 18.0 Å². The van der Waals surface area contributed by atoms with Gasteiger partial charge in [0.2, 0.25) is 10.0 Å². The van der Waals surface area contributed by atoms with Crippen molar-refractivity contribution in [3.63, 3.8) is 0 Å². The Hall–Kier alpha value is -0.430. The van der Waals surface area contributed by atoms with Gasteiger partial charge >= 0.3 is 0 Å². The molecule has 0 saturated heterocycles. The number of sulfonamides is 1. The Labute approximate surface area is 91.7 Å². The lowest BCUT2D eigenvalue weighted by Gasteiger charge is -2.04. The Balaban J connectivity index is 2.87. The zero-order valence-corrected chi connectivity index (χ0v) is 9.94. The molecule has 4 N–H and O–H groups in total. The van der Waals surface area contributed by atoms with E-state index in [1.165, 1.54) is 0 Å². The summed E-state index contributed by atoms with van der Waals surface area (Å²) in [5, 5.41) is 0. The van der Waals surface area contributed by atoms with Crippen LogP contribution in [0.2, 0.25) is 0 Å². The second kappa shape index (κ2) is 4.88. The largest absolute Gasteiger partial charge is 0.356 e. The maximum atomic E-state index is 11.5. The molecule has 1 aromatic carbocycles. The zero-order valence-electron chi connectivity index (χ0n) is 7.53. The lowest BCUT2D eigenvalue weighted by atomic mass is 10.4. The molecule has 78 valence electrons. The van der Waals surface area contributed by atoms with Crippen molar-refractivity contribution < 1.29 is 14.2 Å². The minimum absolute atomic E-state index is 0.272. The summed E-state index contributed by atoms with van der Waals surface area (Å²) in [7, 11) is -3.35. The number of quaternary nitrogens is 1. The molecule has 0 bridgehead atoms. The van der Waals surface area contributed by atoms with Crippen LogP contribution in [0.15, 0.2) is 33.6 Å². The van der Waals surface area contributed by atoms with E-state index >= 15 is 0 Å². The SMILES string of the molecule is [NH3+]CCNS(=O)(=O)c1ccc(Br)cc1. The van der Waals surface area contributed by atoms with E-state index in [0.717, 1.165) is 4.47 Å². The Morgan fingerprint density at radius 1 is 1.29 bits per heavy atom. The van der Waals surface area contributed by atoms with E-state index in [4.69, 9.17) is 0 Å². The van der Waals surface area contributed by atoms with E-state index < -0.39 is 10.0 Å². The van der Waals surface area contributed by atoms with Crippen LogP contribution >= 0.6 is 15.9 Å². The molecule has 6 heteroatoms. The van der Waals surface area contributed by atoms with Crippen LogP contribution < -0.4 is 10.5 Å². The average Bonchev–Trinajstić information content (AvgIpc) is 2.16. The van der Waals surface area contributed by atoms with Crippen molar-refractivity contribution >= 4 is 26.0 Å². The van der Waals surface area contributed by atoms with Gasteiger partial charge in [0.15, 0.2) is 0 Å². The van der Waals surface area contributed by atoms with Crippen LogP contribution in [0.4, 0.5) is 0 Å². The summed E-state index contributed by atoms with van der Waals surface area (Å²) in [4.78, 5) is 0.272. The molecule has 0 saturated carbocycles. The molecule has 0 amide bonds. The molecule has 0 spiro atoms. The summed E-state index contributed by atoms with van der Waals surface area (Å²) >= 11 is 3.24. The first-order chi connectivity index (χ1) is 6.56. The fourth-order valence-electron chi connectivity index (χ4n) is 0.904. The highest BCUT2D eigenvalue weighted by Crippen LogP contribution is 2.13. The maximum absolute atomic E-state index is 11.5. The van der Waals surface area contributed by atoms with Gasteiger partial charge in [0.25, 0.3) is 0 Å². The Bertz CT molecular complexity index is 388. The van der Waals surface area contributed by atoms with Crippen molar-refractivity contribution in [2.24, 2.45) is 0 Å². The molecule has 0 aliphatic rings. The monoisotopic (exact) mass is 279 g/mol. The molecular formula is C8H12BrN2O2S+. The van der Waals surface area contributed by atoms with Gasteiger partial charge in [-0.05, 0) is 24.3 Å². The van der Waals surface area contributed by atoms with Crippen LogP contribution in [0.5, 0.6) is 0 Å². The van der Waals surface area contributed by atoms with Crippen molar-refractivity contribution in [1.29, 1.82) is 0 Å². The molecule has 14 heavy (non-hydrogen) atoms. The second-order valence-electron chi connectivity index (χ2n) is 2.71. The first-order valence-corrected chi connectivity index (χ1v) is 6.38. The number of hydrogen-bond donors (Lipinski definition) is 2. The lowest BCUT2D eigenvalue weighted by Crippen LogP contribution is -2.54. The Kier molecular flexibility index (Phi) is 4.06. The first-order valence-electron chi connectivity index (χ1n) is 4.11. The standard InChI is InChI=1S/C8H11BrN2O2S/c9-7-1-3-8(4-2-7)14(12,13)11-6-5-10/h1-4,11H,5-6,10H2/p+1. The van der Waals surface area contributed by atoms with Crippen LogP contribution in [0.3, 0.4) is 0 Å². The molecule has 1 aromatic rings. The van der Waals surface area contributed by atoms with E-state index in [9.17, 15) is 8.42 Å². The van der Waals surface area contributed by atoms with E-state index in [2.05, 4.69) is 26.4 Å². The molecule has 0 radical (unpaired) electrons. The quantitative estimate of drug-likeness (QED) is 0.812. The molecule has 0 unspecified atom stereocenters. The number of halogens is 1. The van der Waals surface area contributed by atoms with Gasteiger partial charge in [-0.1, -0.05) is 15.9 Å². The fraction of sp³-hybridized carbons (Fsp3) is 0.250. The van der Waals surface area contributed by atoms with Gasteiger partial charge in [-0.15, -0.1) is 0 Å². The van der Waals surface area contributed by atoms with Crippen molar-refractivity contribution in [2.45, 2.75) is 4.90 Å².